The lowest BCUT2D eigenvalue weighted by Crippen LogP contribution is -2.09. The Labute approximate surface area is 65.0 Å². The summed E-state index contributed by atoms with van der Waals surface area (Å²) in [6.07, 6.45) is 2.56. The second kappa shape index (κ2) is 8.52. The second-order valence-electron chi connectivity index (χ2n) is 1.56. The molecule has 0 bridgehead atoms. The zero-order chi connectivity index (χ0) is 7.66. The van der Waals surface area contributed by atoms with Gasteiger partial charge in [0.2, 0.25) is 6.41 Å². The van der Waals surface area contributed by atoms with E-state index < -0.39 is 0 Å². The highest BCUT2D eigenvalue weighted by atomic mass is 32.2. The van der Waals surface area contributed by atoms with Gasteiger partial charge < -0.3 is 11.1 Å². The molecule has 0 atom stereocenters. The van der Waals surface area contributed by atoms with Crippen molar-refractivity contribution in [3.8, 4) is 0 Å². The first-order chi connectivity index (χ1) is 4.91. The normalized spacial score (nSPS) is 10.1. The largest absolute Gasteiger partial charge is 0.355 e. The van der Waals surface area contributed by atoms with E-state index >= 15 is 0 Å². The third-order valence-corrected chi connectivity index (χ3v) is 1.60. The molecule has 0 rings (SSSR count). The van der Waals surface area contributed by atoms with Crippen LogP contribution in [0.2, 0.25) is 0 Å². The van der Waals surface area contributed by atoms with Gasteiger partial charge in [-0.05, 0) is 5.41 Å². The molecule has 0 spiro atoms. The van der Waals surface area contributed by atoms with Crippen LogP contribution in [0.1, 0.15) is 0 Å². The van der Waals surface area contributed by atoms with E-state index in [9.17, 15) is 4.79 Å². The molecule has 0 aliphatic rings. The SMILES string of the molecule is NCCS/C=C/CNC=O. The lowest BCUT2D eigenvalue weighted by molar-refractivity contribution is -0.109. The van der Waals surface area contributed by atoms with Crippen LogP contribution in [0.3, 0.4) is 0 Å². The summed E-state index contributed by atoms with van der Waals surface area (Å²) < 4.78 is 0. The smallest absolute Gasteiger partial charge is 0.207 e. The van der Waals surface area contributed by atoms with Crippen molar-refractivity contribution in [1.29, 1.82) is 0 Å². The quantitative estimate of drug-likeness (QED) is 0.423. The van der Waals surface area contributed by atoms with Crippen molar-refractivity contribution in [3.05, 3.63) is 11.5 Å². The van der Waals surface area contributed by atoms with Crippen molar-refractivity contribution in [2.45, 2.75) is 0 Å². The molecule has 0 saturated heterocycles. The summed E-state index contributed by atoms with van der Waals surface area (Å²) in [5.74, 6) is 0.928. The van der Waals surface area contributed by atoms with Crippen molar-refractivity contribution < 1.29 is 4.79 Å². The zero-order valence-corrected chi connectivity index (χ0v) is 6.56. The molecule has 0 heterocycles. The monoisotopic (exact) mass is 160 g/mol. The molecule has 3 nitrogen and oxygen atoms in total. The maximum atomic E-state index is 9.72. The number of nitrogens with one attached hydrogen (secondary N) is 1. The maximum absolute atomic E-state index is 9.72. The van der Waals surface area contributed by atoms with E-state index in [1.54, 1.807) is 11.8 Å². The highest BCUT2D eigenvalue weighted by Gasteiger charge is 1.76. The van der Waals surface area contributed by atoms with Crippen LogP contribution in [0.15, 0.2) is 11.5 Å². The summed E-state index contributed by atoms with van der Waals surface area (Å²) in [5.41, 5.74) is 5.24. The van der Waals surface area contributed by atoms with Crippen molar-refractivity contribution in [2.75, 3.05) is 18.8 Å². The van der Waals surface area contributed by atoms with Gasteiger partial charge in [0.05, 0.1) is 0 Å². The first-order valence-corrected chi connectivity index (χ1v) is 4.10. The number of hydrogen-bond donors (Lipinski definition) is 2. The highest BCUT2D eigenvalue weighted by Crippen LogP contribution is 1.97. The standard InChI is InChI=1S/C6H12N2OS/c7-2-5-10-4-1-3-8-6-9/h1,4,6H,2-3,5,7H2,(H,8,9)/b4-1+. The van der Waals surface area contributed by atoms with Crippen LogP contribution in [0, 0.1) is 0 Å². The van der Waals surface area contributed by atoms with Gasteiger partial charge >= 0.3 is 0 Å². The van der Waals surface area contributed by atoms with E-state index in [0.717, 1.165) is 5.75 Å². The van der Waals surface area contributed by atoms with Gasteiger partial charge in [0.25, 0.3) is 0 Å². The molecule has 0 fully saturated rings. The fraction of sp³-hybridized carbons (Fsp3) is 0.500. The first-order valence-electron chi connectivity index (χ1n) is 3.05. The minimum absolute atomic E-state index is 0.598. The van der Waals surface area contributed by atoms with Crippen molar-refractivity contribution >= 4 is 18.2 Å². The number of hydrogen-bond acceptors (Lipinski definition) is 3. The molecular weight excluding hydrogens is 148 g/mol. The summed E-state index contributed by atoms with van der Waals surface area (Å²) in [7, 11) is 0. The van der Waals surface area contributed by atoms with Crippen molar-refractivity contribution in [3.63, 3.8) is 0 Å². The Morgan fingerprint density at radius 1 is 1.60 bits per heavy atom. The zero-order valence-electron chi connectivity index (χ0n) is 5.75. The molecule has 4 heteroatoms. The van der Waals surface area contributed by atoms with Crippen LogP contribution >= 0.6 is 11.8 Å². The van der Waals surface area contributed by atoms with Crippen LogP contribution in [0.4, 0.5) is 0 Å². The number of carbonyl (C=O) groups excluding carboxylic acids is 1. The van der Waals surface area contributed by atoms with Crippen LogP contribution in [0.25, 0.3) is 0 Å². The van der Waals surface area contributed by atoms with Crippen LogP contribution < -0.4 is 11.1 Å². The Morgan fingerprint density at radius 2 is 2.40 bits per heavy atom. The minimum atomic E-state index is 0.598. The fourth-order valence-electron chi connectivity index (χ4n) is 0.368. The summed E-state index contributed by atoms with van der Waals surface area (Å²) in [6, 6.07) is 0. The number of rotatable bonds is 6. The van der Waals surface area contributed by atoms with Crippen LogP contribution in [-0.4, -0.2) is 25.3 Å². The molecule has 58 valence electrons. The third-order valence-electron chi connectivity index (χ3n) is 0.747. The summed E-state index contributed by atoms with van der Waals surface area (Å²) >= 11 is 1.64. The van der Waals surface area contributed by atoms with E-state index in [4.69, 9.17) is 5.73 Å². The predicted octanol–water partition coefficient (Wildman–Crippen LogP) is -0.0620. The first kappa shape index (κ1) is 9.52. The van der Waals surface area contributed by atoms with E-state index in [1.807, 2.05) is 11.5 Å². The highest BCUT2D eigenvalue weighted by molar-refractivity contribution is 8.02. The molecule has 0 aromatic heterocycles. The maximum Gasteiger partial charge on any atom is 0.207 e. The molecule has 0 unspecified atom stereocenters. The second-order valence-corrected chi connectivity index (χ2v) is 2.57. The van der Waals surface area contributed by atoms with E-state index in [-0.39, 0.29) is 0 Å². The van der Waals surface area contributed by atoms with E-state index in [0.29, 0.717) is 19.5 Å². The van der Waals surface area contributed by atoms with E-state index in [1.165, 1.54) is 0 Å². The van der Waals surface area contributed by atoms with Crippen molar-refractivity contribution in [1.82, 2.24) is 5.32 Å². The Kier molecular flexibility index (Phi) is 8.11. The van der Waals surface area contributed by atoms with Gasteiger partial charge in [0, 0.05) is 18.8 Å². The molecule has 0 aliphatic heterocycles. The molecule has 10 heavy (non-hydrogen) atoms. The molecular formula is C6H12N2OS. The van der Waals surface area contributed by atoms with Crippen LogP contribution in [-0.2, 0) is 4.79 Å². The minimum Gasteiger partial charge on any atom is -0.355 e. The van der Waals surface area contributed by atoms with Gasteiger partial charge in [-0.15, -0.1) is 11.8 Å². The molecule has 0 aromatic carbocycles. The summed E-state index contributed by atoms with van der Waals surface area (Å²) in [4.78, 5) is 9.72. The van der Waals surface area contributed by atoms with Gasteiger partial charge in [0.15, 0.2) is 0 Å². The van der Waals surface area contributed by atoms with Gasteiger partial charge in [-0.25, -0.2) is 0 Å². The molecule has 0 radical (unpaired) electrons. The summed E-state index contributed by atoms with van der Waals surface area (Å²) in [6.45, 7) is 1.29. The summed E-state index contributed by atoms with van der Waals surface area (Å²) in [5, 5.41) is 4.45. The number of carbonyl (C=O) groups is 1. The van der Waals surface area contributed by atoms with Gasteiger partial charge in [0.1, 0.15) is 0 Å². The van der Waals surface area contributed by atoms with Gasteiger partial charge in [-0.2, -0.15) is 0 Å². The van der Waals surface area contributed by atoms with Gasteiger partial charge in [-0.3, -0.25) is 4.79 Å². The Balaban J connectivity index is 2.96. The average molecular weight is 160 g/mol. The van der Waals surface area contributed by atoms with Gasteiger partial charge in [-0.1, -0.05) is 6.08 Å². The van der Waals surface area contributed by atoms with Crippen LogP contribution in [0.5, 0.6) is 0 Å². The molecule has 3 N–H and O–H groups in total. The molecule has 0 saturated carbocycles. The van der Waals surface area contributed by atoms with Crippen molar-refractivity contribution in [2.24, 2.45) is 5.73 Å². The third kappa shape index (κ3) is 7.52. The average Bonchev–Trinajstić information content (AvgIpc) is 1.97. The lowest BCUT2D eigenvalue weighted by atomic mass is 10.6. The lowest BCUT2D eigenvalue weighted by Gasteiger charge is -1.89. The Morgan fingerprint density at radius 3 is 3.00 bits per heavy atom. The number of amides is 1. The topological polar surface area (TPSA) is 55.1 Å². The number of nitrogens with two attached hydrogens (primary N) is 1. The predicted molar refractivity (Wildman–Crippen MR) is 44.7 cm³/mol. The molecule has 1 amide bonds. The Hall–Kier alpha value is -0.480. The fourth-order valence-corrected chi connectivity index (χ4v) is 0.873. The number of thioether (sulfide) groups is 1. The Bertz CT molecular complexity index is 106. The molecule has 0 aromatic rings. The van der Waals surface area contributed by atoms with E-state index in [2.05, 4.69) is 5.32 Å². The molecule has 0 aliphatic carbocycles.